The van der Waals surface area contributed by atoms with E-state index in [0.717, 1.165) is 37.2 Å². The van der Waals surface area contributed by atoms with E-state index in [4.69, 9.17) is 0 Å². The Kier molecular flexibility index (Phi) is 4.43. The highest BCUT2D eigenvalue weighted by Crippen LogP contribution is 2.48. The number of hydrogen-bond donors (Lipinski definition) is 1. The quantitative estimate of drug-likeness (QED) is 0.775. The predicted molar refractivity (Wildman–Crippen MR) is 92.1 cm³/mol. The van der Waals surface area contributed by atoms with Crippen molar-refractivity contribution >= 4 is 0 Å². The second-order valence-electron chi connectivity index (χ2n) is 7.22. The van der Waals surface area contributed by atoms with Crippen LogP contribution in [0.25, 0.3) is 0 Å². The first-order valence-corrected chi connectivity index (χ1v) is 8.57. The Balaban J connectivity index is 2.02. The molecule has 0 atom stereocenters. The molecule has 0 saturated heterocycles. The first-order chi connectivity index (χ1) is 11.0. The Bertz CT molecular complexity index is 652. The Morgan fingerprint density at radius 1 is 1.00 bits per heavy atom. The number of benzene rings is 2. The molecule has 23 heavy (non-hydrogen) atoms. The first-order valence-electron chi connectivity index (χ1n) is 8.57. The molecule has 1 aliphatic rings. The van der Waals surface area contributed by atoms with Gasteiger partial charge in [0.15, 0.2) is 0 Å². The Hall–Kier alpha value is -1.83. The van der Waals surface area contributed by atoms with Crippen LogP contribution >= 0.6 is 0 Å². The van der Waals surface area contributed by atoms with Gasteiger partial charge in [0.2, 0.25) is 0 Å². The van der Waals surface area contributed by atoms with E-state index < -0.39 is 0 Å². The van der Waals surface area contributed by atoms with Crippen molar-refractivity contribution < 1.29 is 9.50 Å². The van der Waals surface area contributed by atoms with Crippen molar-refractivity contribution in [3.05, 3.63) is 65.5 Å². The van der Waals surface area contributed by atoms with Crippen molar-refractivity contribution in [1.82, 2.24) is 0 Å². The molecule has 2 aromatic rings. The second kappa shape index (κ2) is 6.35. The molecular formula is C21H25FO. The van der Waals surface area contributed by atoms with Crippen LogP contribution < -0.4 is 0 Å². The first kappa shape index (κ1) is 16.0. The summed E-state index contributed by atoms with van der Waals surface area (Å²) in [4.78, 5) is 0. The monoisotopic (exact) mass is 312 g/mol. The number of phenols is 1. The smallest absolute Gasteiger partial charge is 0.123 e. The van der Waals surface area contributed by atoms with E-state index in [-0.39, 0.29) is 17.0 Å². The van der Waals surface area contributed by atoms with E-state index >= 15 is 0 Å². The van der Waals surface area contributed by atoms with Gasteiger partial charge in [-0.15, -0.1) is 0 Å². The summed E-state index contributed by atoms with van der Waals surface area (Å²) >= 11 is 0. The van der Waals surface area contributed by atoms with Gasteiger partial charge in [0.05, 0.1) is 0 Å². The van der Waals surface area contributed by atoms with E-state index in [0.29, 0.717) is 5.92 Å². The molecule has 1 saturated carbocycles. The summed E-state index contributed by atoms with van der Waals surface area (Å²) in [5.41, 5.74) is 2.11. The van der Waals surface area contributed by atoms with Crippen LogP contribution in [0.2, 0.25) is 0 Å². The van der Waals surface area contributed by atoms with Crippen LogP contribution in [0.15, 0.2) is 48.5 Å². The molecule has 1 fully saturated rings. The van der Waals surface area contributed by atoms with Crippen LogP contribution in [0.1, 0.15) is 50.7 Å². The lowest BCUT2D eigenvalue weighted by Crippen LogP contribution is -2.34. The van der Waals surface area contributed by atoms with Crippen molar-refractivity contribution in [2.24, 2.45) is 11.8 Å². The molecule has 2 aromatic carbocycles. The third-order valence-corrected chi connectivity index (χ3v) is 5.62. The molecule has 0 heterocycles. The van der Waals surface area contributed by atoms with Crippen LogP contribution in [0.3, 0.4) is 0 Å². The minimum atomic E-state index is -0.174. The van der Waals surface area contributed by atoms with Gasteiger partial charge in [-0.3, -0.25) is 0 Å². The highest BCUT2D eigenvalue weighted by Gasteiger charge is 2.39. The van der Waals surface area contributed by atoms with Crippen molar-refractivity contribution in [3.8, 4) is 5.75 Å². The minimum absolute atomic E-state index is 0.138. The van der Waals surface area contributed by atoms with Gasteiger partial charge in [0.25, 0.3) is 0 Å². The van der Waals surface area contributed by atoms with Crippen molar-refractivity contribution in [1.29, 1.82) is 0 Å². The Labute approximate surface area is 138 Å². The molecule has 0 bridgehead atoms. The lowest BCUT2D eigenvalue weighted by Gasteiger charge is -2.42. The molecule has 0 unspecified atom stereocenters. The van der Waals surface area contributed by atoms with Gasteiger partial charge in [0, 0.05) is 5.41 Å². The standard InChI is InChI=1S/C21H25FO/c1-15(2)16-10-12-21(13-11-16,17-6-8-20(23)9-7-17)18-4-3-5-19(22)14-18/h3-9,14-16,23H,10-13H2,1-2H3. The van der Waals surface area contributed by atoms with Gasteiger partial charge >= 0.3 is 0 Å². The molecule has 3 rings (SSSR count). The maximum absolute atomic E-state index is 13.8. The van der Waals surface area contributed by atoms with E-state index in [1.54, 1.807) is 24.3 Å². The number of hydrogen-bond acceptors (Lipinski definition) is 1. The van der Waals surface area contributed by atoms with Gasteiger partial charge in [-0.1, -0.05) is 38.1 Å². The number of halogens is 1. The minimum Gasteiger partial charge on any atom is -0.508 e. The van der Waals surface area contributed by atoms with Gasteiger partial charge in [0.1, 0.15) is 11.6 Å². The van der Waals surface area contributed by atoms with Crippen LogP contribution in [-0.2, 0) is 5.41 Å². The highest BCUT2D eigenvalue weighted by atomic mass is 19.1. The molecule has 1 N–H and O–H groups in total. The Morgan fingerprint density at radius 2 is 1.65 bits per heavy atom. The fraction of sp³-hybridized carbons (Fsp3) is 0.429. The van der Waals surface area contributed by atoms with Crippen molar-refractivity contribution in [2.75, 3.05) is 0 Å². The average Bonchev–Trinajstić information content (AvgIpc) is 2.55. The zero-order valence-electron chi connectivity index (χ0n) is 13.9. The maximum atomic E-state index is 13.8. The van der Waals surface area contributed by atoms with Crippen LogP contribution in [-0.4, -0.2) is 5.11 Å². The fourth-order valence-corrected chi connectivity index (χ4v) is 4.11. The molecule has 0 amide bonds. The van der Waals surface area contributed by atoms with E-state index in [2.05, 4.69) is 13.8 Å². The molecule has 0 radical (unpaired) electrons. The molecule has 122 valence electrons. The van der Waals surface area contributed by atoms with E-state index in [9.17, 15) is 9.50 Å². The van der Waals surface area contributed by atoms with Gasteiger partial charge in [-0.2, -0.15) is 0 Å². The number of aromatic hydroxyl groups is 1. The summed E-state index contributed by atoms with van der Waals surface area (Å²) in [6, 6.07) is 14.5. The van der Waals surface area contributed by atoms with Crippen molar-refractivity contribution in [2.45, 2.75) is 44.9 Å². The molecule has 0 aliphatic heterocycles. The molecule has 0 spiro atoms. The summed E-state index contributed by atoms with van der Waals surface area (Å²) < 4.78 is 13.8. The molecule has 2 heteroatoms. The lowest BCUT2D eigenvalue weighted by molar-refractivity contribution is 0.217. The average molecular weight is 312 g/mol. The predicted octanol–water partition coefficient (Wildman–Crippen LogP) is 5.66. The third-order valence-electron chi connectivity index (χ3n) is 5.62. The van der Waals surface area contributed by atoms with Crippen molar-refractivity contribution in [3.63, 3.8) is 0 Å². The summed E-state index contributed by atoms with van der Waals surface area (Å²) in [5.74, 6) is 1.54. The third kappa shape index (κ3) is 3.12. The summed E-state index contributed by atoms with van der Waals surface area (Å²) in [5, 5.41) is 9.61. The molecule has 1 nitrogen and oxygen atoms in total. The molecule has 0 aromatic heterocycles. The normalized spacial score (nSPS) is 24.8. The Morgan fingerprint density at radius 3 is 2.22 bits per heavy atom. The zero-order valence-corrected chi connectivity index (χ0v) is 13.9. The number of rotatable bonds is 3. The zero-order chi connectivity index (χ0) is 16.4. The second-order valence-corrected chi connectivity index (χ2v) is 7.22. The summed E-state index contributed by atoms with van der Waals surface area (Å²) in [7, 11) is 0. The van der Waals surface area contributed by atoms with Crippen LogP contribution in [0.5, 0.6) is 5.75 Å². The maximum Gasteiger partial charge on any atom is 0.123 e. The number of phenolic OH excluding ortho intramolecular Hbond substituents is 1. The SMILES string of the molecule is CC(C)C1CCC(c2ccc(O)cc2)(c2cccc(F)c2)CC1. The van der Waals surface area contributed by atoms with Crippen LogP contribution in [0, 0.1) is 17.7 Å². The summed E-state index contributed by atoms with van der Waals surface area (Å²) in [6.07, 6.45) is 4.39. The van der Waals surface area contributed by atoms with Gasteiger partial charge in [-0.25, -0.2) is 4.39 Å². The van der Waals surface area contributed by atoms with Crippen LogP contribution in [0.4, 0.5) is 4.39 Å². The molecule has 1 aliphatic carbocycles. The lowest BCUT2D eigenvalue weighted by atomic mass is 9.62. The van der Waals surface area contributed by atoms with Gasteiger partial charge < -0.3 is 5.11 Å². The summed E-state index contributed by atoms with van der Waals surface area (Å²) in [6.45, 7) is 4.58. The molecular weight excluding hydrogens is 287 g/mol. The fourth-order valence-electron chi connectivity index (χ4n) is 4.11. The van der Waals surface area contributed by atoms with Gasteiger partial charge in [-0.05, 0) is 72.9 Å². The topological polar surface area (TPSA) is 20.2 Å². The largest absolute Gasteiger partial charge is 0.508 e. The highest BCUT2D eigenvalue weighted by molar-refractivity contribution is 5.42. The van der Waals surface area contributed by atoms with E-state index in [1.807, 2.05) is 18.2 Å². The van der Waals surface area contributed by atoms with E-state index in [1.165, 1.54) is 11.6 Å².